The molecule has 1 aliphatic heterocycles. The molecule has 3 aromatic rings. The molecule has 3 aromatic heterocycles. The highest BCUT2D eigenvalue weighted by molar-refractivity contribution is 9.10. The van der Waals surface area contributed by atoms with Crippen molar-refractivity contribution >= 4 is 33.2 Å². The zero-order valence-electron chi connectivity index (χ0n) is 13.1. The minimum atomic E-state index is -0.124. The van der Waals surface area contributed by atoms with E-state index in [4.69, 9.17) is 0 Å². The van der Waals surface area contributed by atoms with Crippen molar-refractivity contribution in [3.05, 3.63) is 41.0 Å². The summed E-state index contributed by atoms with van der Waals surface area (Å²) < 4.78 is 4.29. The molecule has 0 unspecified atom stereocenters. The standard InChI is InChI=1S/C15H16BrN7O/c1-20-10-12(8-17-20)21-4-6-22(7-5-21)15(24)14-18-13-3-2-11(16)9-23(13)19-14/h2-3,8-10H,4-7H2,1H3. The lowest BCUT2D eigenvalue weighted by molar-refractivity contribution is 0.0734. The second-order valence-electron chi connectivity index (χ2n) is 5.74. The van der Waals surface area contributed by atoms with Crippen molar-refractivity contribution < 1.29 is 4.79 Å². The Morgan fingerprint density at radius 3 is 2.67 bits per heavy atom. The van der Waals surface area contributed by atoms with Crippen molar-refractivity contribution in [2.24, 2.45) is 7.05 Å². The zero-order chi connectivity index (χ0) is 16.7. The molecule has 0 radical (unpaired) electrons. The topological polar surface area (TPSA) is 71.6 Å². The number of aryl methyl sites for hydroxylation is 1. The van der Waals surface area contributed by atoms with Crippen molar-refractivity contribution in [3.63, 3.8) is 0 Å². The van der Waals surface area contributed by atoms with Crippen molar-refractivity contribution in [1.29, 1.82) is 0 Å². The predicted octanol–water partition coefficient (Wildman–Crippen LogP) is 1.19. The van der Waals surface area contributed by atoms with Crippen LogP contribution in [0.15, 0.2) is 35.2 Å². The molecule has 24 heavy (non-hydrogen) atoms. The monoisotopic (exact) mass is 389 g/mol. The number of rotatable bonds is 2. The molecule has 0 aromatic carbocycles. The van der Waals surface area contributed by atoms with Crippen LogP contribution in [0.3, 0.4) is 0 Å². The Morgan fingerprint density at radius 1 is 1.17 bits per heavy atom. The molecule has 1 aliphatic rings. The van der Waals surface area contributed by atoms with Crippen molar-refractivity contribution in [1.82, 2.24) is 29.3 Å². The fourth-order valence-electron chi connectivity index (χ4n) is 2.83. The van der Waals surface area contributed by atoms with Crippen molar-refractivity contribution in [3.8, 4) is 0 Å². The molecule has 8 nitrogen and oxygen atoms in total. The molecule has 0 atom stereocenters. The Labute approximate surface area is 146 Å². The molecule has 9 heteroatoms. The van der Waals surface area contributed by atoms with Crippen LogP contribution in [0.2, 0.25) is 0 Å². The highest BCUT2D eigenvalue weighted by Crippen LogP contribution is 2.16. The van der Waals surface area contributed by atoms with E-state index < -0.39 is 0 Å². The van der Waals surface area contributed by atoms with E-state index >= 15 is 0 Å². The van der Waals surface area contributed by atoms with E-state index in [2.05, 4.69) is 36.0 Å². The number of pyridine rings is 1. The zero-order valence-corrected chi connectivity index (χ0v) is 14.7. The van der Waals surface area contributed by atoms with Crippen molar-refractivity contribution in [2.75, 3.05) is 31.1 Å². The van der Waals surface area contributed by atoms with Crippen LogP contribution in [0.25, 0.3) is 5.65 Å². The van der Waals surface area contributed by atoms with Crippen molar-refractivity contribution in [2.45, 2.75) is 0 Å². The van der Waals surface area contributed by atoms with Crippen LogP contribution in [0.1, 0.15) is 10.6 Å². The van der Waals surface area contributed by atoms with Crippen LogP contribution in [0.5, 0.6) is 0 Å². The Morgan fingerprint density at radius 2 is 1.96 bits per heavy atom. The molecule has 0 saturated carbocycles. The highest BCUT2D eigenvalue weighted by atomic mass is 79.9. The molecule has 0 N–H and O–H groups in total. The van der Waals surface area contributed by atoms with Gasteiger partial charge in [0.2, 0.25) is 5.82 Å². The van der Waals surface area contributed by atoms with Crippen LogP contribution < -0.4 is 4.90 Å². The average Bonchev–Trinajstić information content (AvgIpc) is 3.20. The summed E-state index contributed by atoms with van der Waals surface area (Å²) in [5.41, 5.74) is 1.75. The molecule has 4 rings (SSSR count). The third kappa shape index (κ3) is 2.75. The molecule has 0 aliphatic carbocycles. The lowest BCUT2D eigenvalue weighted by Gasteiger charge is -2.34. The second kappa shape index (κ2) is 5.90. The van der Waals surface area contributed by atoms with Gasteiger partial charge in [-0.25, -0.2) is 9.50 Å². The summed E-state index contributed by atoms with van der Waals surface area (Å²) in [6.45, 7) is 2.84. The molecule has 1 amide bonds. The summed E-state index contributed by atoms with van der Waals surface area (Å²) in [6.07, 6.45) is 5.62. The number of hydrogen-bond donors (Lipinski definition) is 0. The third-order valence-electron chi connectivity index (χ3n) is 4.11. The molecule has 4 heterocycles. The van der Waals surface area contributed by atoms with E-state index in [0.29, 0.717) is 18.7 Å². The number of hydrogen-bond acceptors (Lipinski definition) is 5. The number of piperazine rings is 1. The second-order valence-corrected chi connectivity index (χ2v) is 6.65. The lowest BCUT2D eigenvalue weighted by Crippen LogP contribution is -2.49. The number of anilines is 1. The predicted molar refractivity (Wildman–Crippen MR) is 92.0 cm³/mol. The van der Waals surface area contributed by atoms with Gasteiger partial charge in [0.15, 0.2) is 5.65 Å². The molecule has 1 saturated heterocycles. The normalized spacial score (nSPS) is 15.2. The number of carbonyl (C=O) groups excluding carboxylic acids is 1. The third-order valence-corrected chi connectivity index (χ3v) is 4.58. The van der Waals surface area contributed by atoms with Gasteiger partial charge in [-0.2, -0.15) is 5.10 Å². The summed E-state index contributed by atoms with van der Waals surface area (Å²) in [5.74, 6) is 0.114. The highest BCUT2D eigenvalue weighted by Gasteiger charge is 2.25. The minimum absolute atomic E-state index is 0.124. The molecular formula is C15H16BrN7O. The lowest BCUT2D eigenvalue weighted by atomic mass is 10.3. The summed E-state index contributed by atoms with van der Waals surface area (Å²) in [7, 11) is 1.90. The number of nitrogens with zero attached hydrogens (tertiary/aromatic N) is 7. The molecule has 1 fully saturated rings. The van der Waals surface area contributed by atoms with E-state index in [0.717, 1.165) is 23.2 Å². The Balaban J connectivity index is 1.47. The molecular weight excluding hydrogens is 374 g/mol. The van der Waals surface area contributed by atoms with Gasteiger partial charge < -0.3 is 9.80 Å². The van der Waals surface area contributed by atoms with Gasteiger partial charge in [-0.1, -0.05) is 0 Å². The van der Waals surface area contributed by atoms with Gasteiger partial charge in [-0.05, 0) is 28.1 Å². The SMILES string of the molecule is Cn1cc(N2CCN(C(=O)c3nc4ccc(Br)cn4n3)CC2)cn1. The maximum atomic E-state index is 12.6. The Kier molecular flexibility index (Phi) is 3.72. The summed E-state index contributed by atoms with van der Waals surface area (Å²) >= 11 is 3.39. The fraction of sp³-hybridized carbons (Fsp3) is 0.333. The minimum Gasteiger partial charge on any atom is -0.365 e. The maximum Gasteiger partial charge on any atom is 0.293 e. The number of halogens is 1. The largest absolute Gasteiger partial charge is 0.365 e. The van der Waals surface area contributed by atoms with Gasteiger partial charge in [0.05, 0.1) is 11.9 Å². The van der Waals surface area contributed by atoms with E-state index in [1.54, 1.807) is 20.3 Å². The van der Waals surface area contributed by atoms with Gasteiger partial charge in [0.1, 0.15) is 0 Å². The molecule has 0 spiro atoms. The van der Waals surface area contributed by atoms with Gasteiger partial charge >= 0.3 is 0 Å². The van der Waals surface area contributed by atoms with Crippen LogP contribution in [-0.2, 0) is 7.05 Å². The van der Waals surface area contributed by atoms with E-state index in [1.807, 2.05) is 31.6 Å². The summed E-state index contributed by atoms with van der Waals surface area (Å²) in [4.78, 5) is 21.0. The van der Waals surface area contributed by atoms with E-state index in [-0.39, 0.29) is 11.7 Å². The molecule has 0 bridgehead atoms. The molecule has 124 valence electrons. The van der Waals surface area contributed by atoms with Crippen LogP contribution in [0, 0.1) is 0 Å². The first-order valence-corrected chi connectivity index (χ1v) is 8.44. The number of amides is 1. The Bertz CT molecular complexity index is 894. The van der Waals surface area contributed by atoms with Gasteiger partial charge in [-0.3, -0.25) is 9.48 Å². The van der Waals surface area contributed by atoms with E-state index in [9.17, 15) is 4.79 Å². The smallest absolute Gasteiger partial charge is 0.293 e. The van der Waals surface area contributed by atoms with Crippen LogP contribution in [0.4, 0.5) is 5.69 Å². The van der Waals surface area contributed by atoms with Crippen LogP contribution >= 0.6 is 15.9 Å². The first-order chi connectivity index (χ1) is 11.6. The number of fused-ring (bicyclic) bond motifs is 1. The van der Waals surface area contributed by atoms with Crippen LogP contribution in [-0.4, -0.2) is 61.4 Å². The van der Waals surface area contributed by atoms with Gasteiger partial charge in [0, 0.05) is 50.1 Å². The Hall–Kier alpha value is -2.42. The van der Waals surface area contributed by atoms with Gasteiger partial charge in [0.25, 0.3) is 5.91 Å². The summed E-state index contributed by atoms with van der Waals surface area (Å²) in [5, 5.41) is 8.48. The average molecular weight is 390 g/mol. The first-order valence-electron chi connectivity index (χ1n) is 7.65. The van der Waals surface area contributed by atoms with E-state index in [1.165, 1.54) is 0 Å². The first kappa shape index (κ1) is 15.1. The quantitative estimate of drug-likeness (QED) is 0.658. The van der Waals surface area contributed by atoms with Gasteiger partial charge in [-0.15, -0.1) is 5.10 Å². The fourth-order valence-corrected chi connectivity index (χ4v) is 3.16. The maximum absolute atomic E-state index is 12.6. The number of carbonyl (C=O) groups is 1. The summed E-state index contributed by atoms with van der Waals surface area (Å²) in [6, 6.07) is 3.71. The number of aromatic nitrogens is 5.